The Kier molecular flexibility index (Phi) is 6.12. The number of rotatable bonds is 6. The Labute approximate surface area is 168 Å². The van der Waals surface area contributed by atoms with Gasteiger partial charge >= 0.3 is 0 Å². The predicted octanol–water partition coefficient (Wildman–Crippen LogP) is 0.654. The fourth-order valence-corrected chi connectivity index (χ4v) is 5.58. The van der Waals surface area contributed by atoms with Gasteiger partial charge in [0.05, 0.1) is 15.6 Å². The van der Waals surface area contributed by atoms with Gasteiger partial charge in [0.1, 0.15) is 0 Å². The third-order valence-electron chi connectivity index (χ3n) is 4.00. The van der Waals surface area contributed by atoms with Crippen molar-refractivity contribution in [3.8, 4) is 0 Å². The van der Waals surface area contributed by atoms with E-state index in [1.54, 1.807) is 4.90 Å². The van der Waals surface area contributed by atoms with Crippen molar-refractivity contribution >= 4 is 49.8 Å². The number of carbonyl (C=O) groups is 1. The second kappa shape index (κ2) is 8.38. The first-order chi connectivity index (χ1) is 13.3. The van der Waals surface area contributed by atoms with E-state index in [0.717, 1.165) is 6.07 Å². The van der Waals surface area contributed by atoms with Crippen LogP contribution in [0.1, 0.15) is 0 Å². The molecule has 2 N–H and O–H groups in total. The number of sulfonamides is 1. The summed E-state index contributed by atoms with van der Waals surface area (Å²) in [4.78, 5) is 24.0. The maximum atomic E-state index is 12.7. The second-order valence-electron chi connectivity index (χ2n) is 5.73. The molecule has 0 saturated carbocycles. The van der Waals surface area contributed by atoms with Gasteiger partial charge < -0.3 is 10.6 Å². The van der Waals surface area contributed by atoms with Gasteiger partial charge in [0, 0.05) is 38.3 Å². The van der Waals surface area contributed by atoms with Gasteiger partial charge in [0.25, 0.3) is 5.69 Å². The molecule has 11 nitrogen and oxygen atoms in total. The zero-order valence-electron chi connectivity index (χ0n) is 14.4. The lowest BCUT2D eigenvalue weighted by Gasteiger charge is -2.33. The zero-order chi connectivity index (χ0) is 20.3. The summed E-state index contributed by atoms with van der Waals surface area (Å²) in [5.74, 6) is 0.0258. The highest BCUT2D eigenvalue weighted by molar-refractivity contribution is 8.01. The first kappa shape index (κ1) is 20.4. The van der Waals surface area contributed by atoms with E-state index >= 15 is 0 Å². The lowest BCUT2D eigenvalue weighted by molar-refractivity contribution is -0.385. The number of amides is 1. The van der Waals surface area contributed by atoms with Crippen LogP contribution < -0.4 is 5.73 Å². The first-order valence-electron chi connectivity index (χ1n) is 8.01. The van der Waals surface area contributed by atoms with Crippen molar-refractivity contribution in [2.45, 2.75) is 9.24 Å². The summed E-state index contributed by atoms with van der Waals surface area (Å²) in [6.07, 6.45) is 0. The predicted molar refractivity (Wildman–Crippen MR) is 103 cm³/mol. The Bertz CT molecular complexity index is 987. The Hall–Kier alpha value is -2.29. The number of non-ortho nitro benzene ring substituents is 1. The van der Waals surface area contributed by atoms with Crippen LogP contribution in [0.15, 0.2) is 33.5 Å². The normalized spacial score (nSPS) is 15.5. The van der Waals surface area contributed by atoms with Crippen molar-refractivity contribution in [2.75, 3.05) is 37.7 Å². The van der Waals surface area contributed by atoms with Crippen LogP contribution in [0.4, 0.5) is 10.8 Å². The molecule has 0 unspecified atom stereocenters. The minimum absolute atomic E-state index is 0.118. The molecule has 2 aromatic rings. The standard InChI is InChI=1S/C14H16N6O5S3/c15-13-16-17-14(27-13)26-9-12(21)18-4-6-19(7-5-18)28(24,25)11-3-1-2-10(8-11)20(22)23/h1-3,8H,4-7,9H2,(H2,15,16). The molecule has 28 heavy (non-hydrogen) atoms. The number of hydrogen-bond donors (Lipinski definition) is 1. The molecule has 150 valence electrons. The summed E-state index contributed by atoms with van der Waals surface area (Å²) in [7, 11) is -3.86. The molecule has 1 aliphatic rings. The van der Waals surface area contributed by atoms with E-state index in [1.165, 1.54) is 45.6 Å². The number of nitro groups is 1. The quantitative estimate of drug-likeness (QED) is 0.384. The summed E-state index contributed by atoms with van der Waals surface area (Å²) < 4.78 is 27.3. The lowest BCUT2D eigenvalue weighted by atomic mass is 10.3. The molecule has 1 aliphatic heterocycles. The van der Waals surface area contributed by atoms with Crippen LogP contribution in [0.3, 0.4) is 0 Å². The van der Waals surface area contributed by atoms with Crippen LogP contribution in [0.25, 0.3) is 0 Å². The van der Waals surface area contributed by atoms with Crippen molar-refractivity contribution in [1.82, 2.24) is 19.4 Å². The van der Waals surface area contributed by atoms with E-state index < -0.39 is 14.9 Å². The summed E-state index contributed by atoms with van der Waals surface area (Å²) >= 11 is 2.42. The van der Waals surface area contributed by atoms with Crippen molar-refractivity contribution in [3.63, 3.8) is 0 Å². The van der Waals surface area contributed by atoms with Crippen LogP contribution in [0.5, 0.6) is 0 Å². The topological polar surface area (TPSA) is 153 Å². The molecule has 0 aliphatic carbocycles. The smallest absolute Gasteiger partial charge is 0.270 e. The molecule has 0 spiro atoms. The van der Waals surface area contributed by atoms with Crippen molar-refractivity contribution in [1.29, 1.82) is 0 Å². The Balaban J connectivity index is 1.58. The summed E-state index contributed by atoms with van der Waals surface area (Å²) in [6.45, 7) is 0.720. The number of hydrogen-bond acceptors (Lipinski definition) is 10. The molecule has 0 radical (unpaired) electrons. The average molecular weight is 445 g/mol. The number of benzene rings is 1. The van der Waals surface area contributed by atoms with Gasteiger partial charge in [-0.3, -0.25) is 14.9 Å². The van der Waals surface area contributed by atoms with Crippen molar-refractivity contribution < 1.29 is 18.1 Å². The molecular weight excluding hydrogens is 428 g/mol. The van der Waals surface area contributed by atoms with Gasteiger partial charge in [-0.25, -0.2) is 8.42 Å². The molecule has 2 heterocycles. The Morgan fingerprint density at radius 1 is 1.29 bits per heavy atom. The fourth-order valence-electron chi connectivity index (χ4n) is 2.58. The SMILES string of the molecule is Nc1nnc(SCC(=O)N2CCN(S(=O)(=O)c3cccc([N+](=O)[O-])c3)CC2)s1. The van der Waals surface area contributed by atoms with Crippen molar-refractivity contribution in [2.24, 2.45) is 0 Å². The van der Waals surface area contributed by atoms with Gasteiger partial charge in [-0.2, -0.15) is 4.31 Å². The molecule has 1 saturated heterocycles. The van der Waals surface area contributed by atoms with E-state index in [4.69, 9.17) is 5.73 Å². The number of anilines is 1. The molecule has 3 rings (SSSR count). The van der Waals surface area contributed by atoms with Crippen LogP contribution in [-0.2, 0) is 14.8 Å². The molecule has 0 atom stereocenters. The summed E-state index contributed by atoms with van der Waals surface area (Å²) in [6, 6.07) is 4.93. The first-order valence-corrected chi connectivity index (χ1v) is 11.3. The van der Waals surface area contributed by atoms with Crippen LogP contribution >= 0.6 is 23.1 Å². The zero-order valence-corrected chi connectivity index (χ0v) is 16.9. The number of nitrogens with zero attached hydrogens (tertiary/aromatic N) is 5. The van der Waals surface area contributed by atoms with Crippen LogP contribution in [0.2, 0.25) is 0 Å². The molecule has 1 aromatic heterocycles. The van der Waals surface area contributed by atoms with Crippen LogP contribution in [0, 0.1) is 10.1 Å². The highest BCUT2D eigenvalue weighted by Gasteiger charge is 2.31. The summed E-state index contributed by atoms with van der Waals surface area (Å²) in [5, 5.41) is 18.7. The maximum absolute atomic E-state index is 12.7. The number of nitrogen functional groups attached to an aromatic ring is 1. The monoisotopic (exact) mass is 444 g/mol. The summed E-state index contributed by atoms with van der Waals surface area (Å²) in [5.41, 5.74) is 5.21. The molecule has 0 bridgehead atoms. The maximum Gasteiger partial charge on any atom is 0.270 e. The Morgan fingerprint density at radius 2 is 2.00 bits per heavy atom. The van der Waals surface area contributed by atoms with E-state index in [-0.39, 0.29) is 48.4 Å². The molecular formula is C14H16N6O5S3. The lowest BCUT2D eigenvalue weighted by Crippen LogP contribution is -2.50. The number of piperazine rings is 1. The highest BCUT2D eigenvalue weighted by atomic mass is 32.2. The van der Waals surface area contributed by atoms with E-state index in [2.05, 4.69) is 10.2 Å². The average Bonchev–Trinajstić information content (AvgIpc) is 3.11. The number of carbonyl (C=O) groups excluding carboxylic acids is 1. The molecule has 1 fully saturated rings. The number of aromatic nitrogens is 2. The van der Waals surface area contributed by atoms with Crippen LogP contribution in [-0.4, -0.2) is 70.6 Å². The van der Waals surface area contributed by atoms with Gasteiger partial charge in [-0.05, 0) is 6.07 Å². The van der Waals surface area contributed by atoms with E-state index in [9.17, 15) is 23.3 Å². The highest BCUT2D eigenvalue weighted by Crippen LogP contribution is 2.25. The number of thioether (sulfide) groups is 1. The molecule has 1 amide bonds. The van der Waals surface area contributed by atoms with E-state index in [1.807, 2.05) is 0 Å². The molecule has 14 heteroatoms. The van der Waals surface area contributed by atoms with E-state index in [0.29, 0.717) is 9.47 Å². The molecule has 1 aromatic carbocycles. The number of nitrogens with two attached hydrogens (primary N) is 1. The van der Waals surface area contributed by atoms with Crippen molar-refractivity contribution in [3.05, 3.63) is 34.4 Å². The second-order valence-corrected chi connectivity index (χ2v) is 9.90. The third-order valence-corrected chi connectivity index (χ3v) is 7.76. The van der Waals surface area contributed by atoms with Gasteiger partial charge in [-0.15, -0.1) is 10.2 Å². The minimum Gasteiger partial charge on any atom is -0.374 e. The van der Waals surface area contributed by atoms with Gasteiger partial charge in [-0.1, -0.05) is 29.2 Å². The Morgan fingerprint density at radius 3 is 2.61 bits per heavy atom. The minimum atomic E-state index is -3.86. The third kappa shape index (κ3) is 4.57. The van der Waals surface area contributed by atoms with Gasteiger partial charge in [0.15, 0.2) is 4.34 Å². The fraction of sp³-hybridized carbons (Fsp3) is 0.357. The number of nitro benzene ring substituents is 1. The van der Waals surface area contributed by atoms with Gasteiger partial charge in [0.2, 0.25) is 21.1 Å². The largest absolute Gasteiger partial charge is 0.374 e.